The van der Waals surface area contributed by atoms with Gasteiger partial charge in [0, 0.05) is 12.2 Å². The molecule has 140 valence electrons. The fourth-order valence-electron chi connectivity index (χ4n) is 2.73. The van der Waals surface area contributed by atoms with Crippen molar-refractivity contribution in [3.63, 3.8) is 0 Å². The number of thiocarbonyl (C=S) groups is 1. The van der Waals surface area contributed by atoms with Gasteiger partial charge in [-0.1, -0.05) is 12.2 Å². The molecule has 0 aliphatic carbocycles. The molecule has 3 rings (SSSR count). The molecule has 0 spiro atoms. The van der Waals surface area contributed by atoms with Crippen LogP contribution in [0.4, 0.5) is 24.5 Å². The molecule has 1 aromatic carbocycles. The van der Waals surface area contributed by atoms with Crippen LogP contribution in [-0.2, 0) is 4.74 Å². The third kappa shape index (κ3) is 4.01. The molecule has 2 aliphatic heterocycles. The predicted molar refractivity (Wildman–Crippen MR) is 98.2 cm³/mol. The van der Waals surface area contributed by atoms with E-state index in [4.69, 9.17) is 4.74 Å². The Kier molecular flexibility index (Phi) is 5.50. The monoisotopic (exact) mass is 385 g/mol. The standard InChI is InChI=1S/C16H18F3N5OS/c1-10-24(8-12(25-10)7-20-16(26)15(18)19)11-2-3-14(13(17)6-11)23-5-4-21-22-9-23/h2-3,6,9,12,15,21H,1,4-5,7-8H2,(H,20,26). The Labute approximate surface area is 154 Å². The van der Waals surface area contributed by atoms with Gasteiger partial charge in [0.1, 0.15) is 23.2 Å². The number of hydrazone groups is 1. The number of halogens is 3. The van der Waals surface area contributed by atoms with Gasteiger partial charge in [-0.15, -0.1) is 0 Å². The molecule has 2 aliphatic rings. The first kappa shape index (κ1) is 18.3. The van der Waals surface area contributed by atoms with Crippen LogP contribution >= 0.6 is 12.2 Å². The van der Waals surface area contributed by atoms with Crippen LogP contribution in [0.2, 0.25) is 0 Å². The number of nitrogens with one attached hydrogen (secondary N) is 2. The summed E-state index contributed by atoms with van der Waals surface area (Å²) in [5.74, 6) is -0.0697. The number of alkyl halides is 2. The van der Waals surface area contributed by atoms with Gasteiger partial charge in [-0.05, 0) is 24.8 Å². The van der Waals surface area contributed by atoms with E-state index < -0.39 is 23.3 Å². The van der Waals surface area contributed by atoms with Crippen molar-refractivity contribution in [1.82, 2.24) is 10.7 Å². The van der Waals surface area contributed by atoms with Gasteiger partial charge in [-0.2, -0.15) is 5.10 Å². The first-order chi connectivity index (χ1) is 12.5. The summed E-state index contributed by atoms with van der Waals surface area (Å²) in [5, 5.41) is 6.38. The Balaban J connectivity index is 1.66. The zero-order valence-corrected chi connectivity index (χ0v) is 14.6. The summed E-state index contributed by atoms with van der Waals surface area (Å²) in [6, 6.07) is 4.80. The van der Waals surface area contributed by atoms with Crippen LogP contribution in [0.25, 0.3) is 0 Å². The fraction of sp³-hybridized carbons (Fsp3) is 0.375. The lowest BCUT2D eigenvalue weighted by Crippen LogP contribution is -2.36. The van der Waals surface area contributed by atoms with Crippen molar-refractivity contribution in [3.8, 4) is 0 Å². The number of hydrogen-bond donors (Lipinski definition) is 2. The van der Waals surface area contributed by atoms with E-state index in [-0.39, 0.29) is 6.54 Å². The van der Waals surface area contributed by atoms with Crippen LogP contribution in [0, 0.1) is 5.82 Å². The third-order valence-corrected chi connectivity index (χ3v) is 4.32. The summed E-state index contributed by atoms with van der Waals surface area (Å²) in [4.78, 5) is 2.88. The molecule has 2 N–H and O–H groups in total. The minimum absolute atomic E-state index is 0.122. The molecule has 0 amide bonds. The normalized spacial score (nSPS) is 19.5. The number of benzene rings is 1. The summed E-state index contributed by atoms with van der Waals surface area (Å²) in [6.45, 7) is 5.51. The lowest BCUT2D eigenvalue weighted by atomic mass is 10.2. The van der Waals surface area contributed by atoms with Crippen molar-refractivity contribution < 1.29 is 17.9 Å². The topological polar surface area (TPSA) is 52.1 Å². The Morgan fingerprint density at radius 3 is 2.96 bits per heavy atom. The van der Waals surface area contributed by atoms with Crippen LogP contribution in [0.3, 0.4) is 0 Å². The van der Waals surface area contributed by atoms with Crippen LogP contribution in [0.1, 0.15) is 0 Å². The van der Waals surface area contributed by atoms with Gasteiger partial charge >= 0.3 is 0 Å². The third-order valence-electron chi connectivity index (χ3n) is 4.00. The molecule has 1 aromatic rings. The van der Waals surface area contributed by atoms with Gasteiger partial charge in [-0.3, -0.25) is 0 Å². The number of rotatable bonds is 5. The number of anilines is 2. The molecule has 0 saturated carbocycles. The van der Waals surface area contributed by atoms with Gasteiger partial charge in [0.25, 0.3) is 6.43 Å². The molecule has 0 radical (unpaired) electrons. The Morgan fingerprint density at radius 2 is 2.31 bits per heavy atom. The SMILES string of the molecule is C=C1OC(CNC(=S)C(F)F)CN1c1ccc(N2C=NNCC2)c(F)c1. The second-order valence-electron chi connectivity index (χ2n) is 5.77. The summed E-state index contributed by atoms with van der Waals surface area (Å²) in [5.41, 5.74) is 3.80. The van der Waals surface area contributed by atoms with E-state index >= 15 is 0 Å². The van der Waals surface area contributed by atoms with Gasteiger partial charge in [0.05, 0.1) is 25.3 Å². The number of ether oxygens (including phenoxy) is 1. The van der Waals surface area contributed by atoms with E-state index in [1.54, 1.807) is 21.9 Å². The van der Waals surface area contributed by atoms with E-state index in [0.717, 1.165) is 0 Å². The zero-order valence-electron chi connectivity index (χ0n) is 13.8. The van der Waals surface area contributed by atoms with E-state index in [0.29, 0.717) is 36.9 Å². The molecule has 10 heteroatoms. The number of hydrogen-bond acceptors (Lipinski definition) is 6. The molecule has 0 bridgehead atoms. The molecular formula is C16H18F3N5OS. The minimum atomic E-state index is -2.71. The fourth-order valence-corrected chi connectivity index (χ4v) is 2.81. The maximum absolute atomic E-state index is 14.5. The highest BCUT2D eigenvalue weighted by atomic mass is 32.1. The maximum atomic E-state index is 14.5. The molecule has 6 nitrogen and oxygen atoms in total. The molecule has 0 aromatic heterocycles. The summed E-state index contributed by atoms with van der Waals surface area (Å²) < 4.78 is 44.9. The minimum Gasteiger partial charge on any atom is -0.472 e. The van der Waals surface area contributed by atoms with E-state index in [1.165, 1.54) is 12.4 Å². The van der Waals surface area contributed by atoms with Crippen LogP contribution in [-0.4, -0.2) is 50.0 Å². The Hall–Kier alpha value is -2.49. The summed E-state index contributed by atoms with van der Waals surface area (Å²) in [7, 11) is 0. The Morgan fingerprint density at radius 1 is 1.50 bits per heavy atom. The van der Waals surface area contributed by atoms with Gasteiger partial charge in [-0.25, -0.2) is 13.2 Å². The van der Waals surface area contributed by atoms with E-state index in [1.807, 2.05) is 0 Å². The van der Waals surface area contributed by atoms with Crippen molar-refractivity contribution in [2.45, 2.75) is 12.5 Å². The molecular weight excluding hydrogens is 367 g/mol. The highest BCUT2D eigenvalue weighted by molar-refractivity contribution is 7.80. The smallest absolute Gasteiger partial charge is 0.288 e. The second-order valence-corrected chi connectivity index (χ2v) is 6.21. The van der Waals surface area contributed by atoms with Crippen LogP contribution in [0.15, 0.2) is 35.8 Å². The first-order valence-electron chi connectivity index (χ1n) is 7.97. The van der Waals surface area contributed by atoms with Gasteiger partial charge in [0.15, 0.2) is 5.88 Å². The average molecular weight is 385 g/mol. The van der Waals surface area contributed by atoms with Crippen molar-refractivity contribution in [3.05, 3.63) is 36.5 Å². The van der Waals surface area contributed by atoms with Crippen molar-refractivity contribution in [2.24, 2.45) is 5.10 Å². The van der Waals surface area contributed by atoms with Crippen molar-refractivity contribution in [2.75, 3.05) is 36.0 Å². The molecule has 2 heterocycles. The number of nitrogens with zero attached hydrogens (tertiary/aromatic N) is 3. The van der Waals surface area contributed by atoms with Crippen LogP contribution < -0.4 is 20.5 Å². The average Bonchev–Trinajstić information content (AvgIpc) is 3.01. The molecule has 1 atom stereocenters. The quantitative estimate of drug-likeness (QED) is 0.757. The zero-order chi connectivity index (χ0) is 18.7. The van der Waals surface area contributed by atoms with Crippen LogP contribution in [0.5, 0.6) is 0 Å². The first-order valence-corrected chi connectivity index (χ1v) is 8.37. The highest BCUT2D eigenvalue weighted by Crippen LogP contribution is 2.30. The Bertz CT molecular complexity index is 730. The van der Waals surface area contributed by atoms with Crippen molar-refractivity contribution in [1.29, 1.82) is 0 Å². The molecule has 1 fully saturated rings. The lowest BCUT2D eigenvalue weighted by molar-refractivity contribution is 0.169. The highest BCUT2D eigenvalue weighted by Gasteiger charge is 2.29. The van der Waals surface area contributed by atoms with E-state index in [2.05, 4.69) is 34.6 Å². The largest absolute Gasteiger partial charge is 0.472 e. The summed E-state index contributed by atoms with van der Waals surface area (Å²) in [6.07, 6.45) is -1.59. The molecule has 26 heavy (non-hydrogen) atoms. The lowest BCUT2D eigenvalue weighted by Gasteiger charge is -2.24. The predicted octanol–water partition coefficient (Wildman–Crippen LogP) is 2.04. The molecule has 1 unspecified atom stereocenters. The van der Waals surface area contributed by atoms with Gasteiger partial charge < -0.3 is 25.3 Å². The van der Waals surface area contributed by atoms with Crippen molar-refractivity contribution >= 4 is 34.9 Å². The molecule has 1 saturated heterocycles. The second kappa shape index (κ2) is 7.81. The van der Waals surface area contributed by atoms with E-state index in [9.17, 15) is 13.2 Å². The summed E-state index contributed by atoms with van der Waals surface area (Å²) >= 11 is 4.54. The van der Waals surface area contributed by atoms with Gasteiger partial charge in [0.2, 0.25) is 0 Å². The maximum Gasteiger partial charge on any atom is 0.288 e.